The fourth-order valence-corrected chi connectivity index (χ4v) is 8.17. The molecule has 4 N–H and O–H groups in total. The van der Waals surface area contributed by atoms with Gasteiger partial charge in [0.1, 0.15) is 29.0 Å². The molecule has 15 heteroatoms. The van der Waals surface area contributed by atoms with E-state index in [9.17, 15) is 31.8 Å². The number of halogens is 3. The lowest BCUT2D eigenvalue weighted by molar-refractivity contribution is -0.115. The van der Waals surface area contributed by atoms with Crippen molar-refractivity contribution in [2.75, 3.05) is 22.9 Å². The van der Waals surface area contributed by atoms with Gasteiger partial charge in [0.15, 0.2) is 9.84 Å². The Bertz CT molecular complexity index is 1750. The maximum absolute atomic E-state index is 13.0. The first-order valence-corrected chi connectivity index (χ1v) is 16.2. The molecular weight excluding hydrogens is 605 g/mol. The van der Waals surface area contributed by atoms with E-state index in [-0.39, 0.29) is 23.1 Å². The van der Waals surface area contributed by atoms with Crippen molar-refractivity contribution in [3.63, 3.8) is 0 Å². The zero-order chi connectivity index (χ0) is 30.5. The zero-order valence-corrected chi connectivity index (χ0v) is 24.5. The number of aryl methyl sites for hydroxylation is 1. The highest BCUT2D eigenvalue weighted by Gasteiger charge is 2.44. The minimum absolute atomic E-state index is 0.0673. The smallest absolute Gasteiger partial charge is 0.390 e. The molecule has 0 spiro atoms. The summed E-state index contributed by atoms with van der Waals surface area (Å²) in [7, 11) is -3.76. The SMILES string of the molecule is Cc1nc(NCC(F)(F)F)nc(N[C@@H]2C[C@H](CS(=O)(=O)c3ccccc3)[C@@H](O)[C@H]2O)c1-c1nc2c(C3CC3)nccc2s1. The summed E-state index contributed by atoms with van der Waals surface area (Å²) in [4.78, 5) is 18.0. The van der Waals surface area contributed by atoms with E-state index in [1.54, 1.807) is 31.3 Å². The number of thiazole rings is 1. The van der Waals surface area contributed by atoms with Crippen LogP contribution >= 0.6 is 11.3 Å². The molecule has 4 atom stereocenters. The van der Waals surface area contributed by atoms with E-state index in [2.05, 4.69) is 25.6 Å². The van der Waals surface area contributed by atoms with Crippen LogP contribution in [0.25, 0.3) is 20.8 Å². The number of aromatic nitrogens is 4. The van der Waals surface area contributed by atoms with Gasteiger partial charge in [-0.25, -0.2) is 18.4 Å². The third-order valence-electron chi connectivity index (χ3n) is 7.71. The summed E-state index contributed by atoms with van der Waals surface area (Å²) in [5, 5.41) is 27.6. The summed E-state index contributed by atoms with van der Waals surface area (Å²) >= 11 is 1.36. The summed E-state index contributed by atoms with van der Waals surface area (Å²) < 4.78 is 65.8. The van der Waals surface area contributed by atoms with Crippen LogP contribution in [-0.2, 0) is 9.84 Å². The number of hydrogen-bond acceptors (Lipinski definition) is 11. The minimum atomic E-state index is -4.51. The standard InChI is InChI=1S/C28H29F3N6O4S2/c1-14-20(26-36-22-19(42-26)9-10-32-21(22)15-7-8-15)25(37-27(34-14)33-13-28(29,30)31)35-18-11-16(23(38)24(18)39)12-43(40,41)17-5-3-2-4-6-17/h2-6,9-10,15-16,18,23-24,38-39H,7-8,11-13H2,1H3,(H2,33,34,35,37)/t16-,18-,23-,24+/m1/s1. The molecule has 6 rings (SSSR count). The van der Waals surface area contributed by atoms with Crippen LogP contribution in [0.4, 0.5) is 24.9 Å². The van der Waals surface area contributed by atoms with E-state index in [4.69, 9.17) is 4.98 Å². The van der Waals surface area contributed by atoms with Gasteiger partial charge in [-0.1, -0.05) is 18.2 Å². The van der Waals surface area contributed by atoms with Crippen LogP contribution in [0.1, 0.15) is 36.6 Å². The summed E-state index contributed by atoms with van der Waals surface area (Å²) in [6.07, 6.45) is -3.40. The molecule has 0 unspecified atom stereocenters. The second-order valence-electron chi connectivity index (χ2n) is 11.0. The second-order valence-corrected chi connectivity index (χ2v) is 14.0. The van der Waals surface area contributed by atoms with Gasteiger partial charge in [0, 0.05) is 18.0 Å². The number of hydrogen-bond donors (Lipinski definition) is 4. The second kappa shape index (κ2) is 11.3. The number of pyridine rings is 1. The molecule has 0 bridgehead atoms. The normalized spacial score (nSPS) is 22.7. The van der Waals surface area contributed by atoms with Gasteiger partial charge >= 0.3 is 6.18 Å². The lowest BCUT2D eigenvalue weighted by atomic mass is 10.1. The molecule has 1 aromatic carbocycles. The van der Waals surface area contributed by atoms with Gasteiger partial charge in [0.25, 0.3) is 0 Å². The summed E-state index contributed by atoms with van der Waals surface area (Å²) in [6, 6.07) is 8.83. The summed E-state index contributed by atoms with van der Waals surface area (Å²) in [6.45, 7) is 0.273. The first-order chi connectivity index (χ1) is 20.4. The van der Waals surface area contributed by atoms with Gasteiger partial charge < -0.3 is 20.8 Å². The van der Waals surface area contributed by atoms with Crippen molar-refractivity contribution in [2.24, 2.45) is 5.92 Å². The topological polar surface area (TPSA) is 150 Å². The van der Waals surface area contributed by atoms with Crippen LogP contribution in [0.3, 0.4) is 0 Å². The molecule has 0 aliphatic heterocycles. The van der Waals surface area contributed by atoms with Crippen molar-refractivity contribution >= 4 is 43.2 Å². The number of aliphatic hydroxyl groups excluding tert-OH is 2. The van der Waals surface area contributed by atoms with E-state index < -0.39 is 52.5 Å². The van der Waals surface area contributed by atoms with Gasteiger partial charge in [-0.05, 0) is 44.4 Å². The Balaban J connectivity index is 1.33. The quantitative estimate of drug-likeness (QED) is 0.210. The van der Waals surface area contributed by atoms with Crippen molar-refractivity contribution in [3.05, 3.63) is 54.0 Å². The first-order valence-electron chi connectivity index (χ1n) is 13.7. The van der Waals surface area contributed by atoms with Crippen molar-refractivity contribution in [1.82, 2.24) is 19.9 Å². The molecule has 3 heterocycles. The van der Waals surface area contributed by atoms with E-state index in [0.717, 1.165) is 28.8 Å². The number of sulfone groups is 1. The molecule has 2 fully saturated rings. The maximum Gasteiger partial charge on any atom is 0.405 e. The summed E-state index contributed by atoms with van der Waals surface area (Å²) in [5.74, 6) is -1.03. The van der Waals surface area contributed by atoms with E-state index in [1.165, 1.54) is 23.5 Å². The van der Waals surface area contributed by atoms with Crippen LogP contribution < -0.4 is 10.6 Å². The van der Waals surface area contributed by atoms with Crippen molar-refractivity contribution in [3.8, 4) is 10.6 Å². The molecular formula is C28H29F3N6O4S2. The Kier molecular flexibility index (Phi) is 7.77. The molecule has 0 saturated heterocycles. The molecule has 2 saturated carbocycles. The Morgan fingerprint density at radius 2 is 1.79 bits per heavy atom. The number of nitrogens with one attached hydrogen (secondary N) is 2. The number of alkyl halides is 3. The highest BCUT2D eigenvalue weighted by molar-refractivity contribution is 7.91. The maximum atomic E-state index is 13.0. The van der Waals surface area contributed by atoms with E-state index in [0.29, 0.717) is 22.2 Å². The first kappa shape index (κ1) is 29.7. The third-order valence-corrected chi connectivity index (χ3v) is 10.6. The highest BCUT2D eigenvalue weighted by Crippen LogP contribution is 2.44. The number of nitrogens with zero attached hydrogens (tertiary/aromatic N) is 4. The Morgan fingerprint density at radius 3 is 2.49 bits per heavy atom. The molecule has 0 amide bonds. The predicted molar refractivity (Wildman–Crippen MR) is 156 cm³/mol. The van der Waals surface area contributed by atoms with Gasteiger partial charge in [0.2, 0.25) is 5.95 Å². The van der Waals surface area contributed by atoms with Crippen LogP contribution in [0.15, 0.2) is 47.5 Å². The molecule has 2 aliphatic rings. The molecule has 0 radical (unpaired) electrons. The predicted octanol–water partition coefficient (Wildman–Crippen LogP) is 4.30. The van der Waals surface area contributed by atoms with Crippen LogP contribution in [0, 0.1) is 12.8 Å². The molecule has 43 heavy (non-hydrogen) atoms. The van der Waals surface area contributed by atoms with Crippen LogP contribution in [0.5, 0.6) is 0 Å². The average Bonchev–Trinajstić information content (AvgIpc) is 3.66. The monoisotopic (exact) mass is 634 g/mol. The van der Waals surface area contributed by atoms with Crippen molar-refractivity contribution < 1.29 is 31.8 Å². The largest absolute Gasteiger partial charge is 0.405 e. The van der Waals surface area contributed by atoms with Gasteiger partial charge in [-0.2, -0.15) is 18.2 Å². The summed E-state index contributed by atoms with van der Waals surface area (Å²) in [5.41, 5.74) is 2.42. The molecule has 10 nitrogen and oxygen atoms in total. The number of anilines is 2. The van der Waals surface area contributed by atoms with E-state index in [1.807, 2.05) is 6.07 Å². The Morgan fingerprint density at radius 1 is 1.05 bits per heavy atom. The molecule has 2 aliphatic carbocycles. The van der Waals surface area contributed by atoms with Gasteiger partial charge in [0.05, 0.1) is 44.4 Å². The number of fused-ring (bicyclic) bond motifs is 1. The van der Waals surface area contributed by atoms with Gasteiger partial charge in [-0.15, -0.1) is 11.3 Å². The fourth-order valence-electron chi connectivity index (χ4n) is 5.44. The molecule has 4 aromatic rings. The Labute approximate surface area is 249 Å². The third kappa shape index (κ3) is 6.30. The van der Waals surface area contributed by atoms with Crippen molar-refractivity contribution in [1.29, 1.82) is 0 Å². The Hall–Kier alpha value is -3.40. The van der Waals surface area contributed by atoms with Crippen LogP contribution in [0.2, 0.25) is 0 Å². The lowest BCUT2D eigenvalue weighted by Crippen LogP contribution is -2.36. The highest BCUT2D eigenvalue weighted by atomic mass is 32.2. The average molecular weight is 635 g/mol. The number of aliphatic hydroxyl groups is 2. The number of rotatable bonds is 9. The number of benzene rings is 1. The van der Waals surface area contributed by atoms with Crippen molar-refractivity contribution in [2.45, 2.75) is 61.4 Å². The van der Waals surface area contributed by atoms with E-state index >= 15 is 0 Å². The fraction of sp³-hybridized carbons (Fsp3) is 0.429. The molecule has 3 aromatic heterocycles. The molecule has 228 valence electrons. The zero-order valence-electron chi connectivity index (χ0n) is 22.9. The van der Waals surface area contributed by atoms with Gasteiger partial charge in [-0.3, -0.25) is 4.98 Å². The lowest BCUT2D eigenvalue weighted by Gasteiger charge is -2.21. The van der Waals surface area contributed by atoms with Crippen LogP contribution in [-0.4, -0.2) is 75.3 Å². The minimum Gasteiger partial charge on any atom is -0.390 e.